The van der Waals surface area contributed by atoms with Crippen molar-refractivity contribution < 1.29 is 9.59 Å². The molecule has 1 aliphatic rings. The number of fused-ring (bicyclic) bond motifs is 1. The molecule has 5 nitrogen and oxygen atoms in total. The molecule has 0 saturated carbocycles. The van der Waals surface area contributed by atoms with E-state index in [0.29, 0.717) is 19.6 Å². The van der Waals surface area contributed by atoms with Gasteiger partial charge in [0.05, 0.1) is 12.2 Å². The number of carbonyl (C=O) groups is 2. The number of nitrogens with zero attached hydrogens (tertiary/aromatic N) is 2. The van der Waals surface area contributed by atoms with E-state index >= 15 is 0 Å². The van der Waals surface area contributed by atoms with Gasteiger partial charge in [0.25, 0.3) is 0 Å². The van der Waals surface area contributed by atoms with E-state index < -0.39 is 0 Å². The van der Waals surface area contributed by atoms with Crippen LogP contribution in [0.25, 0.3) is 0 Å². The molecule has 1 N–H and O–H groups in total. The van der Waals surface area contributed by atoms with Crippen molar-refractivity contribution in [2.45, 2.75) is 25.9 Å². The van der Waals surface area contributed by atoms with Gasteiger partial charge in [-0.3, -0.25) is 14.6 Å². The third kappa shape index (κ3) is 3.94. The van der Waals surface area contributed by atoms with Gasteiger partial charge in [-0.15, -0.1) is 0 Å². The zero-order valence-electron chi connectivity index (χ0n) is 12.9. The zero-order valence-corrected chi connectivity index (χ0v) is 12.9. The minimum Gasteiger partial charge on any atom is -0.350 e. The summed E-state index contributed by atoms with van der Waals surface area (Å²) in [5.74, 6) is -0.391. The molecule has 5 heteroatoms. The SMILES string of the molecule is O=C(CC(=O)N1CCc2ccccc2C1)NCc1ccccn1. The van der Waals surface area contributed by atoms with Gasteiger partial charge in [0.1, 0.15) is 6.42 Å². The van der Waals surface area contributed by atoms with E-state index in [-0.39, 0.29) is 18.2 Å². The summed E-state index contributed by atoms with van der Waals surface area (Å²) in [4.78, 5) is 30.1. The first-order chi connectivity index (χ1) is 11.2. The normalized spacial score (nSPS) is 13.3. The molecule has 2 aromatic rings. The number of hydrogen-bond acceptors (Lipinski definition) is 3. The summed E-state index contributed by atoms with van der Waals surface area (Å²) in [6.07, 6.45) is 2.41. The Labute approximate surface area is 135 Å². The Kier molecular flexibility index (Phi) is 4.66. The second-order valence-corrected chi connectivity index (χ2v) is 5.61. The fraction of sp³-hybridized carbons (Fsp3) is 0.278. The number of nitrogens with one attached hydrogen (secondary N) is 1. The van der Waals surface area contributed by atoms with Crippen molar-refractivity contribution in [3.05, 3.63) is 65.5 Å². The highest BCUT2D eigenvalue weighted by Gasteiger charge is 2.22. The largest absolute Gasteiger partial charge is 0.350 e. The topological polar surface area (TPSA) is 62.3 Å². The fourth-order valence-electron chi connectivity index (χ4n) is 2.71. The summed E-state index contributed by atoms with van der Waals surface area (Å²) < 4.78 is 0. The summed E-state index contributed by atoms with van der Waals surface area (Å²) in [6.45, 7) is 1.60. The van der Waals surface area contributed by atoms with Gasteiger partial charge in [-0.05, 0) is 29.7 Å². The van der Waals surface area contributed by atoms with E-state index in [2.05, 4.69) is 16.4 Å². The lowest BCUT2D eigenvalue weighted by molar-refractivity contribution is -0.136. The summed E-state index contributed by atoms with van der Waals surface area (Å²) in [7, 11) is 0. The van der Waals surface area contributed by atoms with Crippen LogP contribution in [-0.2, 0) is 29.1 Å². The first kappa shape index (κ1) is 15.2. The van der Waals surface area contributed by atoms with Crippen LogP contribution in [0.15, 0.2) is 48.7 Å². The number of carbonyl (C=O) groups excluding carboxylic acids is 2. The van der Waals surface area contributed by atoms with Crippen LogP contribution < -0.4 is 5.32 Å². The van der Waals surface area contributed by atoms with Crippen molar-refractivity contribution in [1.82, 2.24) is 15.2 Å². The van der Waals surface area contributed by atoms with Crippen LogP contribution in [0.5, 0.6) is 0 Å². The standard InChI is InChI=1S/C18H19N3O2/c22-17(20-12-16-7-3-4-9-19-16)11-18(23)21-10-8-14-5-1-2-6-15(14)13-21/h1-7,9H,8,10-13H2,(H,20,22). The Morgan fingerprint density at radius 1 is 1.09 bits per heavy atom. The summed E-state index contributed by atoms with van der Waals surface area (Å²) in [5.41, 5.74) is 3.23. The maximum absolute atomic E-state index is 12.3. The predicted molar refractivity (Wildman–Crippen MR) is 86.3 cm³/mol. The Bertz CT molecular complexity index is 700. The van der Waals surface area contributed by atoms with Crippen LogP contribution >= 0.6 is 0 Å². The predicted octanol–water partition coefficient (Wildman–Crippen LogP) is 1.67. The second-order valence-electron chi connectivity index (χ2n) is 5.61. The van der Waals surface area contributed by atoms with Crippen LogP contribution in [0.3, 0.4) is 0 Å². The van der Waals surface area contributed by atoms with Crippen LogP contribution in [0.1, 0.15) is 23.2 Å². The van der Waals surface area contributed by atoms with Crippen LogP contribution in [0.2, 0.25) is 0 Å². The molecule has 1 aliphatic heterocycles. The smallest absolute Gasteiger partial charge is 0.232 e. The maximum Gasteiger partial charge on any atom is 0.232 e. The summed E-state index contributed by atoms with van der Waals surface area (Å²) in [5, 5.41) is 2.74. The first-order valence-corrected chi connectivity index (χ1v) is 7.73. The molecule has 0 saturated heterocycles. The van der Waals surface area contributed by atoms with Gasteiger partial charge in [0, 0.05) is 19.3 Å². The fourth-order valence-corrected chi connectivity index (χ4v) is 2.71. The molecule has 1 aromatic carbocycles. The van der Waals surface area contributed by atoms with Gasteiger partial charge >= 0.3 is 0 Å². The van der Waals surface area contributed by atoms with Gasteiger partial charge in [-0.25, -0.2) is 0 Å². The Morgan fingerprint density at radius 2 is 1.87 bits per heavy atom. The third-order valence-electron chi connectivity index (χ3n) is 3.99. The Hall–Kier alpha value is -2.69. The average Bonchev–Trinajstić information content (AvgIpc) is 2.60. The Morgan fingerprint density at radius 3 is 2.65 bits per heavy atom. The minimum atomic E-state index is -0.264. The molecule has 0 aliphatic carbocycles. The van der Waals surface area contributed by atoms with E-state index in [1.165, 1.54) is 11.1 Å². The molecular weight excluding hydrogens is 290 g/mol. The molecule has 0 spiro atoms. The van der Waals surface area contributed by atoms with Crippen molar-refractivity contribution in [3.8, 4) is 0 Å². The minimum absolute atomic E-state index is 0.116. The highest BCUT2D eigenvalue weighted by Crippen LogP contribution is 2.18. The van der Waals surface area contributed by atoms with Crippen molar-refractivity contribution in [2.24, 2.45) is 0 Å². The van der Waals surface area contributed by atoms with E-state index in [1.807, 2.05) is 36.4 Å². The van der Waals surface area contributed by atoms with Gasteiger partial charge < -0.3 is 10.2 Å². The van der Waals surface area contributed by atoms with Gasteiger partial charge in [-0.1, -0.05) is 30.3 Å². The van der Waals surface area contributed by atoms with Crippen molar-refractivity contribution in [2.75, 3.05) is 6.54 Å². The maximum atomic E-state index is 12.3. The van der Waals surface area contributed by atoms with E-state index in [0.717, 1.165) is 12.1 Å². The average molecular weight is 309 g/mol. The lowest BCUT2D eigenvalue weighted by Gasteiger charge is -2.28. The number of rotatable bonds is 4. The summed E-state index contributed by atoms with van der Waals surface area (Å²) in [6, 6.07) is 13.7. The monoisotopic (exact) mass is 309 g/mol. The van der Waals surface area contributed by atoms with Crippen molar-refractivity contribution >= 4 is 11.8 Å². The van der Waals surface area contributed by atoms with Crippen LogP contribution in [0.4, 0.5) is 0 Å². The van der Waals surface area contributed by atoms with Crippen LogP contribution in [0, 0.1) is 0 Å². The highest BCUT2D eigenvalue weighted by molar-refractivity contribution is 5.96. The third-order valence-corrected chi connectivity index (χ3v) is 3.99. The molecule has 0 atom stereocenters. The van der Waals surface area contributed by atoms with E-state index in [4.69, 9.17) is 0 Å². The van der Waals surface area contributed by atoms with Gasteiger partial charge in [0.2, 0.25) is 11.8 Å². The molecule has 2 amide bonds. The molecule has 2 heterocycles. The quantitative estimate of drug-likeness (QED) is 0.874. The molecule has 0 unspecified atom stereocenters. The zero-order chi connectivity index (χ0) is 16.1. The highest BCUT2D eigenvalue weighted by atomic mass is 16.2. The molecule has 3 rings (SSSR count). The number of hydrogen-bond donors (Lipinski definition) is 1. The van der Waals surface area contributed by atoms with Gasteiger partial charge in [-0.2, -0.15) is 0 Å². The molecule has 1 aromatic heterocycles. The lowest BCUT2D eigenvalue weighted by Crippen LogP contribution is -2.38. The van der Waals surface area contributed by atoms with Crippen molar-refractivity contribution in [1.29, 1.82) is 0 Å². The molecular formula is C18H19N3O2. The van der Waals surface area contributed by atoms with Crippen molar-refractivity contribution in [3.63, 3.8) is 0 Å². The first-order valence-electron chi connectivity index (χ1n) is 7.73. The number of benzene rings is 1. The molecule has 0 fully saturated rings. The molecule has 118 valence electrons. The van der Waals surface area contributed by atoms with E-state index in [9.17, 15) is 9.59 Å². The number of amides is 2. The molecule has 0 bridgehead atoms. The lowest BCUT2D eigenvalue weighted by atomic mass is 10.00. The second kappa shape index (κ2) is 7.05. The molecule has 23 heavy (non-hydrogen) atoms. The van der Waals surface area contributed by atoms with Gasteiger partial charge in [0.15, 0.2) is 0 Å². The van der Waals surface area contributed by atoms with E-state index in [1.54, 1.807) is 11.1 Å². The number of pyridine rings is 1. The summed E-state index contributed by atoms with van der Waals surface area (Å²) >= 11 is 0. The number of aromatic nitrogens is 1. The molecule has 0 radical (unpaired) electrons. The van der Waals surface area contributed by atoms with Crippen LogP contribution in [-0.4, -0.2) is 28.2 Å². The Balaban J connectivity index is 1.50.